The molecule has 10 rings (SSSR count). The molecule has 0 spiro atoms. The van der Waals surface area contributed by atoms with E-state index in [0.717, 1.165) is 35.4 Å². The molecular weight excluding hydrogens is 1280 g/mol. The van der Waals surface area contributed by atoms with Crippen LogP contribution in [0.15, 0.2) is 170 Å². The first-order chi connectivity index (χ1) is 43.7. The zero-order valence-electron chi connectivity index (χ0n) is 48.6. The molecule has 28 heteroatoms. The predicted molar refractivity (Wildman–Crippen MR) is 331 cm³/mol. The van der Waals surface area contributed by atoms with Gasteiger partial charge in [0.15, 0.2) is 13.6 Å². The predicted octanol–water partition coefficient (Wildman–Crippen LogP) is 14.2. The second-order valence-electron chi connectivity index (χ2n) is 20.1. The van der Waals surface area contributed by atoms with Crippen molar-refractivity contribution in [1.82, 2.24) is 39.5 Å². The minimum Gasteiger partial charge on any atom is -0.508 e. The molecule has 0 aliphatic rings. The molecule has 4 heterocycles. The number of ether oxygens (including phenoxy) is 4. The van der Waals surface area contributed by atoms with E-state index in [1.54, 1.807) is 74.5 Å². The van der Waals surface area contributed by atoms with Crippen molar-refractivity contribution in [2.75, 3.05) is 32.3 Å². The van der Waals surface area contributed by atoms with E-state index in [4.69, 9.17) is 67.2 Å². The number of aromatic nitrogens is 8. The summed E-state index contributed by atoms with van der Waals surface area (Å²) < 4.78 is 103. The summed E-state index contributed by atoms with van der Waals surface area (Å²) in [6, 6.07) is 35.9. The molecule has 10 aromatic rings. The van der Waals surface area contributed by atoms with Crippen molar-refractivity contribution in [3.8, 4) is 46.2 Å². The molecule has 0 radical (unpaired) electrons. The van der Waals surface area contributed by atoms with Crippen molar-refractivity contribution < 1.29 is 60.3 Å². The second kappa shape index (κ2) is 31.0. The maximum atomic E-state index is 15.7. The van der Waals surface area contributed by atoms with Gasteiger partial charge in [-0.2, -0.15) is 20.7 Å². The SMILES string of the molecule is C[C@@H](c1nc(-c2ccc(C#N)cc2)cs1)C(Cn1cncn1)(OCOC(=O)c1cccc(O)c1)c1ccc(F)cc1F.C[C@@H](c1nc(-c2ccc(C#N)cc2)cs1)C(Cn1cncn1)(OCOC(=O)c1cccc(OP(C)(C)=O)c1)c1ccc(F)cc1F.ClCCl. The van der Waals surface area contributed by atoms with Gasteiger partial charge in [-0.05, 0) is 72.8 Å². The van der Waals surface area contributed by atoms with Gasteiger partial charge in [-0.3, -0.25) is 4.57 Å². The topological polar surface area (TPSA) is 252 Å². The summed E-state index contributed by atoms with van der Waals surface area (Å²) in [6.07, 6.45) is 5.47. The van der Waals surface area contributed by atoms with Gasteiger partial charge in [-0.15, -0.1) is 45.9 Å². The van der Waals surface area contributed by atoms with Crippen LogP contribution in [-0.2, 0) is 47.8 Å². The van der Waals surface area contributed by atoms with Crippen LogP contribution >= 0.6 is 53.2 Å². The molecule has 468 valence electrons. The zero-order valence-corrected chi connectivity index (χ0v) is 52.6. The number of phenols is 1. The lowest BCUT2D eigenvalue weighted by atomic mass is 9.81. The quantitative estimate of drug-likeness (QED) is 0.0218. The van der Waals surface area contributed by atoms with Gasteiger partial charge in [0.1, 0.15) is 71.3 Å². The molecule has 91 heavy (non-hydrogen) atoms. The lowest BCUT2D eigenvalue weighted by Gasteiger charge is -2.38. The van der Waals surface area contributed by atoms with Crippen LogP contribution in [0, 0.1) is 45.9 Å². The van der Waals surface area contributed by atoms with Crippen LogP contribution in [0.2, 0.25) is 0 Å². The average Bonchev–Trinajstić information content (AvgIpc) is 1.77. The number of nitrogens with zero attached hydrogens (tertiary/aromatic N) is 10. The van der Waals surface area contributed by atoms with Crippen molar-refractivity contribution in [3.05, 3.63) is 236 Å². The number of carbonyl (C=O) groups excluding carboxylic acids is 2. The molecule has 0 saturated carbocycles. The number of carbonyl (C=O) groups is 2. The normalized spacial score (nSPS) is 13.1. The fraction of sp³-hybridized carbons (Fsp3) is 0.206. The first kappa shape index (κ1) is 67.8. The number of aromatic hydroxyl groups is 1. The van der Waals surface area contributed by atoms with Gasteiger partial charge < -0.3 is 28.6 Å². The number of esters is 2. The lowest BCUT2D eigenvalue weighted by molar-refractivity contribution is -0.148. The number of thiazole rings is 2. The molecule has 0 bridgehead atoms. The van der Waals surface area contributed by atoms with E-state index in [9.17, 15) is 28.0 Å². The number of halogens is 6. The summed E-state index contributed by atoms with van der Waals surface area (Å²) >= 11 is 12.1. The zero-order chi connectivity index (χ0) is 65.3. The van der Waals surface area contributed by atoms with Gasteiger partial charge in [-0.1, -0.05) is 62.4 Å². The molecule has 0 aliphatic carbocycles. The monoisotopic (exact) mass is 1330 g/mol. The van der Waals surface area contributed by atoms with E-state index >= 15 is 8.78 Å². The summed E-state index contributed by atoms with van der Waals surface area (Å²) in [7, 11) is -2.88. The maximum Gasteiger partial charge on any atom is 0.340 e. The first-order valence-electron chi connectivity index (χ1n) is 27.0. The molecule has 0 aliphatic heterocycles. The first-order valence-corrected chi connectivity index (χ1v) is 32.4. The molecule has 0 saturated heterocycles. The molecule has 2 unspecified atom stereocenters. The highest BCUT2D eigenvalue weighted by atomic mass is 35.5. The minimum atomic E-state index is -2.88. The third-order valence-electron chi connectivity index (χ3n) is 13.8. The maximum absolute atomic E-state index is 15.7. The Labute approximate surface area is 537 Å². The Morgan fingerprint density at radius 3 is 1.45 bits per heavy atom. The number of rotatable bonds is 22. The number of phenolic OH excluding ortho intramolecular Hbond substituents is 1. The molecule has 6 aromatic carbocycles. The standard InChI is InChI=1S/C32H28F2N5O5PS.C30H23F2N5O4S.CH2Cl2/c1-21(30-38-29(16-46-30)23-9-7-22(15-35)8-10-23)32(17-39-19-36-18-37-39,27-12-11-25(33)14-28(27)34)43-20-42-31(40)24-5-4-6-26(13-24)44-45(2,3)41;1-19(28-36-27(14-42-28)21-7-5-20(13-33)6-8-21)30(15-37-17-34-16-35-37,25-10-9-23(31)12-26(25)32)41-18-40-29(39)22-3-2-4-24(38)11-22;2-1-3/h4-14,16,18-19,21H,17,20H2,1-3H3;2-12,14,16-17,19,38H,15,18H2,1H3;1H2/t21-,32?;19-,30?;/m00./s1. The average molecular weight is 1340 g/mol. The van der Waals surface area contributed by atoms with E-state index in [2.05, 4.69) is 32.3 Å². The molecular formula is C63H53Cl2F4N10O9PS2. The van der Waals surface area contributed by atoms with Gasteiger partial charge in [0.25, 0.3) is 0 Å². The van der Waals surface area contributed by atoms with Gasteiger partial charge in [0.05, 0.1) is 74.2 Å². The van der Waals surface area contributed by atoms with E-state index in [1.807, 2.05) is 10.8 Å². The fourth-order valence-electron chi connectivity index (χ4n) is 9.36. The van der Waals surface area contributed by atoms with E-state index in [0.29, 0.717) is 32.5 Å². The number of alkyl halides is 2. The summed E-state index contributed by atoms with van der Waals surface area (Å²) in [6.45, 7) is 5.01. The number of hydrogen-bond donors (Lipinski definition) is 1. The van der Waals surface area contributed by atoms with Crippen LogP contribution in [0.1, 0.15) is 78.7 Å². The van der Waals surface area contributed by atoms with Crippen LogP contribution in [0.4, 0.5) is 17.6 Å². The van der Waals surface area contributed by atoms with Crippen LogP contribution < -0.4 is 4.52 Å². The minimum absolute atomic E-state index is 0.00423. The van der Waals surface area contributed by atoms with E-state index < -0.39 is 79.2 Å². The van der Waals surface area contributed by atoms with E-state index in [1.165, 1.54) is 119 Å². The Morgan fingerprint density at radius 2 is 1.07 bits per heavy atom. The molecule has 19 nitrogen and oxygen atoms in total. The summed E-state index contributed by atoms with van der Waals surface area (Å²) in [4.78, 5) is 43.3. The van der Waals surface area contributed by atoms with Crippen LogP contribution in [0.5, 0.6) is 11.5 Å². The highest BCUT2D eigenvalue weighted by Gasteiger charge is 2.47. The third kappa shape index (κ3) is 17.4. The Balaban J connectivity index is 0.000000226. The fourth-order valence-corrected chi connectivity index (χ4v) is 11.9. The van der Waals surface area contributed by atoms with Crippen LogP contribution in [-0.4, -0.2) is 88.8 Å². The van der Waals surface area contributed by atoms with Crippen molar-refractivity contribution in [3.63, 3.8) is 0 Å². The van der Waals surface area contributed by atoms with Crippen molar-refractivity contribution in [1.29, 1.82) is 10.5 Å². The summed E-state index contributed by atoms with van der Waals surface area (Å²) in [5.74, 6) is -6.12. The number of nitriles is 2. The van der Waals surface area contributed by atoms with Gasteiger partial charge in [0.2, 0.25) is 7.37 Å². The van der Waals surface area contributed by atoms with Gasteiger partial charge >= 0.3 is 11.9 Å². The Hall–Kier alpha value is -9.17. The smallest absolute Gasteiger partial charge is 0.340 e. The lowest BCUT2D eigenvalue weighted by Crippen LogP contribution is -2.42. The van der Waals surface area contributed by atoms with E-state index in [-0.39, 0.29) is 52.2 Å². The largest absolute Gasteiger partial charge is 0.508 e. The molecule has 1 N–H and O–H groups in total. The Bertz CT molecular complexity index is 4230. The molecule has 0 amide bonds. The molecule has 4 atom stereocenters. The van der Waals surface area contributed by atoms with Crippen LogP contribution in [0.25, 0.3) is 22.5 Å². The summed E-state index contributed by atoms with van der Waals surface area (Å²) in [5, 5.41) is 41.3. The van der Waals surface area contributed by atoms with Gasteiger partial charge in [-0.25, -0.2) is 56.5 Å². The number of hydrogen-bond acceptors (Lipinski definition) is 19. The highest BCUT2D eigenvalue weighted by Crippen LogP contribution is 2.47. The van der Waals surface area contributed by atoms with Crippen molar-refractivity contribution in [2.24, 2.45) is 0 Å². The third-order valence-corrected chi connectivity index (χ3v) is 16.5. The summed E-state index contributed by atoms with van der Waals surface area (Å²) in [5.41, 5.74) is 0.774. The Morgan fingerprint density at radius 1 is 0.637 bits per heavy atom. The van der Waals surface area contributed by atoms with Crippen molar-refractivity contribution in [2.45, 2.75) is 50.0 Å². The number of benzene rings is 6. The van der Waals surface area contributed by atoms with Crippen LogP contribution in [0.3, 0.4) is 0 Å². The molecule has 4 aromatic heterocycles. The molecule has 0 fully saturated rings. The second-order valence-corrected chi connectivity index (χ2v) is 25.4. The highest BCUT2D eigenvalue weighted by molar-refractivity contribution is 7.57. The van der Waals surface area contributed by atoms with Gasteiger partial charge in [0, 0.05) is 70.3 Å². The van der Waals surface area contributed by atoms with Crippen molar-refractivity contribution >= 4 is 65.2 Å². The Kier molecular flexibility index (Phi) is 23.1.